The molecule has 0 spiro atoms. The number of aliphatic hydroxyl groups is 1. The summed E-state index contributed by atoms with van der Waals surface area (Å²) in [6, 6.07) is 24.1. The van der Waals surface area contributed by atoms with E-state index in [0.29, 0.717) is 100 Å². The second-order valence-corrected chi connectivity index (χ2v) is 40.2. The van der Waals surface area contributed by atoms with Crippen LogP contribution in [0.2, 0.25) is 0 Å². The van der Waals surface area contributed by atoms with Gasteiger partial charge in [0.15, 0.2) is 11.6 Å². The van der Waals surface area contributed by atoms with Gasteiger partial charge in [-0.1, -0.05) is 154 Å². The van der Waals surface area contributed by atoms with Crippen LogP contribution in [0.5, 0.6) is 0 Å². The highest BCUT2D eigenvalue weighted by molar-refractivity contribution is 7.85. The zero-order chi connectivity index (χ0) is 110. The number of anilines is 2. The molecule has 838 valence electrons. The van der Waals surface area contributed by atoms with E-state index < -0.39 is 161 Å². The van der Waals surface area contributed by atoms with Gasteiger partial charge < -0.3 is 131 Å². The van der Waals surface area contributed by atoms with E-state index in [4.69, 9.17) is 58.9 Å². The lowest BCUT2D eigenvalue weighted by Crippen LogP contribution is -2.55. The summed E-state index contributed by atoms with van der Waals surface area (Å²) in [6.07, 6.45) is -3.16. The minimum absolute atomic E-state index is 0.0372. The van der Waals surface area contributed by atoms with Crippen LogP contribution in [-0.4, -0.2) is 331 Å². The first-order valence-electron chi connectivity index (χ1n) is 51.9. The van der Waals surface area contributed by atoms with Crippen LogP contribution in [0.4, 0.5) is 21.0 Å². The normalized spacial score (nSPS) is 16.0. The number of rotatable bonds is 74. The van der Waals surface area contributed by atoms with Gasteiger partial charge in [0.05, 0.1) is 183 Å². The average Bonchev–Trinajstić information content (AvgIpc) is 1.64. The number of amides is 12. The Hall–Kier alpha value is -11.2. The average molecular weight is 2130 g/mol. The van der Waals surface area contributed by atoms with Gasteiger partial charge in [0, 0.05) is 135 Å². The summed E-state index contributed by atoms with van der Waals surface area (Å²) in [6.45, 7) is 23.2. The minimum Gasteiger partial charge on any atom is -0.445 e. The number of likely N-dealkylation sites (N-methyl/N-ethyl adjacent to an activating group) is 3. The molecule has 0 aromatic heterocycles. The zero-order valence-corrected chi connectivity index (χ0v) is 90.8. The van der Waals surface area contributed by atoms with Gasteiger partial charge in [-0.05, 0) is 105 Å². The number of Topliss-reactive ketones (excluding diaryl/α,β-unsaturated/α-hetero) is 2. The van der Waals surface area contributed by atoms with Crippen LogP contribution in [0.15, 0.2) is 103 Å². The number of carbonyl (C=O) groups excluding carboxylic acids is 13. The quantitative estimate of drug-likeness (QED) is 0.0103. The summed E-state index contributed by atoms with van der Waals surface area (Å²) < 4.78 is 89.4. The van der Waals surface area contributed by atoms with E-state index >= 15 is 4.79 Å². The molecule has 0 aliphatic carbocycles. The number of likely N-dealkylation sites (tertiary alicyclic amines) is 1. The topological polar surface area (TPSA) is 574 Å². The summed E-state index contributed by atoms with van der Waals surface area (Å²) in [4.78, 5) is 187. The van der Waals surface area contributed by atoms with Gasteiger partial charge in [0.25, 0.3) is 10.1 Å². The minimum atomic E-state index is -4.45. The van der Waals surface area contributed by atoms with E-state index in [-0.39, 0.29) is 183 Å². The molecular formula is C106H166N16O27S. The van der Waals surface area contributed by atoms with Gasteiger partial charge in [0.1, 0.15) is 12.6 Å². The molecule has 0 radical (unpaired) electrons. The Bertz CT molecular complexity index is 5010. The van der Waals surface area contributed by atoms with Gasteiger partial charge in [-0.25, -0.2) is 9.59 Å². The Morgan fingerprint density at radius 1 is 0.553 bits per heavy atom. The zero-order valence-electron chi connectivity index (χ0n) is 90.0. The molecular weight excluding hydrogens is 1960 g/mol. The number of urea groups is 1. The fourth-order valence-electron chi connectivity index (χ4n) is 18.1. The Morgan fingerprint density at radius 3 is 1.73 bits per heavy atom. The van der Waals surface area contributed by atoms with E-state index in [0.717, 1.165) is 23.4 Å². The summed E-state index contributed by atoms with van der Waals surface area (Å²) in [5.41, 5.74) is 13.9. The Labute approximate surface area is 883 Å². The second-order valence-electron chi connectivity index (χ2n) is 38.6. The fraction of sp³-hybridized carbons (Fsp3) is 0.632. The molecule has 0 bridgehead atoms. The number of nitrogens with one attached hydrogen (secondary N) is 10. The largest absolute Gasteiger partial charge is 0.445 e. The first-order chi connectivity index (χ1) is 71.7. The number of carbonyl (C=O) groups is 13. The maximum Gasteiger partial charge on any atom is 0.410 e. The first-order valence-corrected chi connectivity index (χ1v) is 53.5. The van der Waals surface area contributed by atoms with Crippen LogP contribution in [0.1, 0.15) is 187 Å². The van der Waals surface area contributed by atoms with Crippen LogP contribution in [0, 0.1) is 41.4 Å². The lowest BCUT2D eigenvalue weighted by atomic mass is 9.83. The Kier molecular flexibility index (Phi) is 58.3. The number of fused-ring (bicyclic) bond motifs is 2. The molecule has 2 heterocycles. The Morgan fingerprint density at radius 2 is 1.14 bits per heavy atom. The number of nitrogens with two attached hydrogens (primary N) is 2. The van der Waals surface area contributed by atoms with Crippen LogP contribution < -0.4 is 69.8 Å². The van der Waals surface area contributed by atoms with Gasteiger partial charge in [-0.2, -0.15) is 8.42 Å². The molecule has 4 aromatic carbocycles. The highest BCUT2D eigenvalue weighted by Gasteiger charge is 2.45. The van der Waals surface area contributed by atoms with Gasteiger partial charge >= 0.3 is 12.1 Å². The molecule has 2 aliphatic rings. The van der Waals surface area contributed by atoms with Crippen molar-refractivity contribution in [1.29, 1.82) is 0 Å². The first kappa shape index (κ1) is 127. The van der Waals surface area contributed by atoms with Crippen molar-refractivity contribution in [2.45, 2.75) is 220 Å². The summed E-state index contributed by atoms with van der Waals surface area (Å²) >= 11 is 0. The maximum atomic E-state index is 15.0. The van der Waals surface area contributed by atoms with Gasteiger partial charge in [-0.3, -0.25) is 63.1 Å². The molecule has 43 nitrogen and oxygen atoms in total. The lowest BCUT2D eigenvalue weighted by Gasteiger charge is -2.41. The predicted molar refractivity (Wildman–Crippen MR) is 565 cm³/mol. The third-order valence-electron chi connectivity index (χ3n) is 26.5. The lowest BCUT2D eigenvalue weighted by molar-refractivity contribution is -0.149. The van der Waals surface area contributed by atoms with Crippen molar-refractivity contribution in [3.8, 4) is 0 Å². The van der Waals surface area contributed by atoms with E-state index in [1.807, 2.05) is 101 Å². The maximum absolute atomic E-state index is 15.0. The Balaban J connectivity index is 0.945. The van der Waals surface area contributed by atoms with Crippen molar-refractivity contribution in [2.75, 3.05) is 183 Å². The van der Waals surface area contributed by atoms with Crippen molar-refractivity contribution in [2.24, 2.45) is 53.0 Å². The number of hydrogen-bond acceptors (Lipinski definition) is 30. The number of primary amides is 1. The molecule has 16 N–H and O–H groups in total. The van der Waals surface area contributed by atoms with Crippen LogP contribution in [0.25, 0.3) is 11.4 Å². The number of hydrazine groups is 1. The number of aliphatic hydroxyl groups excluding tert-OH is 1. The fourth-order valence-corrected chi connectivity index (χ4v) is 18.4. The molecule has 6 rings (SSSR count). The van der Waals surface area contributed by atoms with Gasteiger partial charge in [0.2, 0.25) is 53.2 Å². The summed E-state index contributed by atoms with van der Waals surface area (Å²) in [5.74, 6) is -4.16. The highest BCUT2D eigenvalue weighted by atomic mass is 32.2. The van der Waals surface area contributed by atoms with Crippen molar-refractivity contribution in [1.82, 2.24) is 62.7 Å². The number of hydrogen-bond donors (Lipinski definition) is 14. The van der Waals surface area contributed by atoms with Crippen molar-refractivity contribution < 1.29 is 128 Å². The standard InChI is InChI=1S/C106H166N16O27S/c1-16-72(8)98(88(140-14)66-93(129)121-48-25-33-85(121)100(141-15)73(9)101(131)114-74(10)99(130)76-26-18-17-19-27-76)119(12)104(134)82(69(2)3)65-87(124)97(71(6)7)120(13)106(136)149-68-75-34-36-79(37-35-75)115-102(132)77(29-24-43-113-105(107)135)64-86(123)94(70(4)5)117-103(133)83(38-39-89(125)111-47-63-150(137,138)139)116-91(127)42-49-142-53-57-146-61-62-148-59-55-144-51-45-110-90(126)40-41-92(128)122-67-78-28-20-21-30-80(78)95(96(118-108)81-31-22-23-32-84(81)122)112-46-52-145-56-60-147-58-54-143-50-44-109-11/h17-23,26-28,30-32,34-37,69-74,77,82-83,85,88,94,97-100,109,112,118,130H,16,24-25,29,33,38-68,108H2,1-15H3,(H,110,126)(H,111,125)(H,114,131)(H,115,132)(H,116,127)(H,117,133)(H3,107,113,135)(H,137,138,139)/b96-95-/t72-,73+,74+,77+,82-,83+,85-,88+,94-,97-,98-,99+,100+/m0/s1. The summed E-state index contributed by atoms with van der Waals surface area (Å²) in [7, 11) is 3.52. The second kappa shape index (κ2) is 68.6. The molecule has 13 atom stereocenters. The van der Waals surface area contributed by atoms with E-state index in [2.05, 4.69) is 53.3 Å². The molecule has 2 aliphatic heterocycles. The van der Waals surface area contributed by atoms with Crippen molar-refractivity contribution in [3.63, 3.8) is 0 Å². The van der Waals surface area contributed by atoms with Crippen LogP contribution >= 0.6 is 0 Å². The van der Waals surface area contributed by atoms with Gasteiger partial charge in [-0.15, -0.1) is 0 Å². The third-order valence-corrected chi connectivity index (χ3v) is 27.2. The smallest absolute Gasteiger partial charge is 0.410 e. The monoisotopic (exact) mass is 2130 g/mol. The molecule has 44 heteroatoms. The van der Waals surface area contributed by atoms with E-state index in [1.165, 1.54) is 26.2 Å². The van der Waals surface area contributed by atoms with Crippen LogP contribution in [-0.2, 0) is 123 Å². The predicted octanol–water partition coefficient (Wildman–Crippen LogP) is 6.09. The third kappa shape index (κ3) is 43.8. The molecule has 0 saturated carbocycles. The van der Waals surface area contributed by atoms with Crippen LogP contribution in [0.3, 0.4) is 0 Å². The number of para-hydroxylation sites is 1. The number of ketones is 2. The number of nitrogens with zero attached hydrogens (tertiary/aromatic N) is 4. The number of benzene rings is 4. The molecule has 1 fully saturated rings. The number of ether oxygens (including phenoxy) is 10. The molecule has 1 saturated heterocycles. The van der Waals surface area contributed by atoms with Crippen molar-refractivity contribution >= 4 is 110 Å². The number of methoxy groups -OCH3 is 2. The SMILES string of the molecule is CC[C@H](C)[C@@H]([C@@H](CC(=O)N1CCC[C@H]1[C@H](OC)[C@@H](C)C(=O)N[C@H](C)[C@@H](O)c1ccccc1)OC)N(C)C(=O)[C@@H](CC(=O)[C@H](C(C)C)N(C)C(=O)OCc1ccc(NC(=O)[C@H](CCCNC(N)=O)CC(=O)[C@@H](NC(=O)[C@@H](CCC(=O)NCCS(=O)(=O)O)NC(=O)CCOCCOCCOCCOCCNC(=O)CCC(=O)N2Cc3ccccc3/C(NCCOCCOCCOCCNC)=C(/NN)c3ccccc32)C(C)C)cc1)C(C)C. The van der Waals surface area contributed by atoms with E-state index in [1.54, 1.807) is 99.7 Å². The van der Waals surface area contributed by atoms with Crippen molar-refractivity contribution in [3.05, 3.63) is 131 Å². The molecule has 4 aromatic rings. The summed E-state index contributed by atoms with van der Waals surface area (Å²) in [5, 5.41) is 36.3. The molecule has 150 heavy (non-hydrogen) atoms. The highest BCUT2D eigenvalue weighted by Crippen LogP contribution is 2.38. The molecule has 12 amide bonds. The van der Waals surface area contributed by atoms with E-state index in [9.17, 15) is 75.6 Å². The molecule has 0 unspecified atom stereocenters.